The molecule has 0 spiro atoms. The minimum atomic E-state index is 0.125. The largest absolute Gasteiger partial charge is 0.488 e. The lowest BCUT2D eigenvalue weighted by atomic mass is 10.1. The molecule has 156 valence electrons. The minimum Gasteiger partial charge on any atom is -0.488 e. The molecule has 0 saturated carbocycles. The number of aryl methyl sites for hydroxylation is 1. The van der Waals surface area contributed by atoms with E-state index >= 15 is 0 Å². The molecule has 1 saturated heterocycles. The molecule has 0 radical (unpaired) electrons. The topological polar surface area (TPSA) is 77.0 Å². The van der Waals surface area contributed by atoms with Gasteiger partial charge in [-0.05, 0) is 31.0 Å². The van der Waals surface area contributed by atoms with Crippen molar-refractivity contribution in [2.75, 3.05) is 26.9 Å². The number of ether oxygens (including phenoxy) is 3. The highest BCUT2D eigenvalue weighted by Crippen LogP contribution is 2.23. The van der Waals surface area contributed by atoms with Crippen LogP contribution in [0.25, 0.3) is 0 Å². The lowest BCUT2D eigenvalue weighted by Gasteiger charge is -2.18. The van der Waals surface area contributed by atoms with Crippen LogP contribution in [-0.2, 0) is 17.8 Å². The van der Waals surface area contributed by atoms with Gasteiger partial charge in [0.05, 0.1) is 26.9 Å². The number of hydrogen-bond acceptors (Lipinski definition) is 5. The van der Waals surface area contributed by atoms with Crippen molar-refractivity contribution in [3.05, 3.63) is 53.2 Å². The van der Waals surface area contributed by atoms with Crippen LogP contribution in [0.2, 0.25) is 0 Å². The van der Waals surface area contributed by atoms with Crippen molar-refractivity contribution in [2.45, 2.75) is 39.5 Å². The molecule has 3 rings (SSSR count). The Bertz CT molecular complexity index is 802. The average Bonchev–Trinajstić information content (AvgIpc) is 3.24. The summed E-state index contributed by atoms with van der Waals surface area (Å²) in [5.74, 6) is 2.25. The Morgan fingerprint density at radius 2 is 2.17 bits per heavy atom. The molecule has 1 aliphatic rings. The third kappa shape index (κ3) is 6.35. The van der Waals surface area contributed by atoms with E-state index < -0.39 is 0 Å². The Morgan fingerprint density at radius 3 is 2.86 bits per heavy atom. The van der Waals surface area contributed by atoms with Crippen LogP contribution in [0.3, 0.4) is 0 Å². The predicted molar refractivity (Wildman–Crippen MR) is 113 cm³/mol. The maximum absolute atomic E-state index is 6.19. The first-order valence-electron chi connectivity index (χ1n) is 10.0. The number of benzene rings is 1. The van der Waals surface area contributed by atoms with Crippen LogP contribution >= 0.6 is 0 Å². The molecule has 7 nitrogen and oxygen atoms in total. The van der Waals surface area contributed by atoms with Gasteiger partial charge in [0.25, 0.3) is 0 Å². The van der Waals surface area contributed by atoms with Crippen LogP contribution in [0, 0.1) is 6.92 Å². The third-order valence-corrected chi connectivity index (χ3v) is 4.62. The van der Waals surface area contributed by atoms with Gasteiger partial charge in [-0.3, -0.25) is 0 Å². The van der Waals surface area contributed by atoms with Crippen LogP contribution in [0.5, 0.6) is 11.6 Å². The summed E-state index contributed by atoms with van der Waals surface area (Å²) in [6, 6.07) is 10.1. The van der Waals surface area contributed by atoms with E-state index in [9.17, 15) is 0 Å². The number of guanidine groups is 1. The molecule has 0 bridgehead atoms. The van der Waals surface area contributed by atoms with Crippen LogP contribution in [0.15, 0.2) is 41.5 Å². The molecule has 1 unspecified atom stereocenters. The monoisotopic (exact) mass is 398 g/mol. The zero-order valence-corrected chi connectivity index (χ0v) is 17.4. The van der Waals surface area contributed by atoms with E-state index in [1.54, 1.807) is 13.3 Å². The standard InChI is InChI=1S/C22H30N4O3/c1-4-23-22(25-13-17-6-8-21(27-3)24-12-17)26-14-18-7-5-16(2)11-20(18)29-19-9-10-28-15-19/h5-8,11-12,19H,4,9-10,13-15H2,1-3H3,(H2,23,25,26). The first kappa shape index (κ1) is 20.9. The van der Waals surface area contributed by atoms with E-state index in [4.69, 9.17) is 14.2 Å². The van der Waals surface area contributed by atoms with Gasteiger partial charge in [-0.15, -0.1) is 0 Å². The maximum atomic E-state index is 6.19. The summed E-state index contributed by atoms with van der Waals surface area (Å²) >= 11 is 0. The van der Waals surface area contributed by atoms with Gasteiger partial charge in [0.2, 0.25) is 5.88 Å². The van der Waals surface area contributed by atoms with E-state index in [0.717, 1.165) is 42.4 Å². The van der Waals surface area contributed by atoms with Gasteiger partial charge in [-0.2, -0.15) is 0 Å². The fraction of sp³-hybridized carbons (Fsp3) is 0.455. The van der Waals surface area contributed by atoms with Gasteiger partial charge in [-0.1, -0.05) is 18.2 Å². The summed E-state index contributed by atoms with van der Waals surface area (Å²) in [6.45, 7) is 7.47. The van der Waals surface area contributed by atoms with Crippen molar-refractivity contribution in [1.82, 2.24) is 15.6 Å². The highest BCUT2D eigenvalue weighted by Gasteiger charge is 2.18. The molecule has 2 aromatic rings. The van der Waals surface area contributed by atoms with Gasteiger partial charge in [0.15, 0.2) is 5.96 Å². The molecule has 1 aromatic heterocycles. The molecule has 0 aliphatic carbocycles. The number of pyridine rings is 1. The number of aliphatic imine (C=N–C) groups is 1. The zero-order valence-electron chi connectivity index (χ0n) is 17.4. The van der Waals surface area contributed by atoms with E-state index in [1.165, 1.54) is 5.56 Å². The maximum Gasteiger partial charge on any atom is 0.212 e. The number of nitrogens with zero attached hydrogens (tertiary/aromatic N) is 2. The quantitative estimate of drug-likeness (QED) is 0.526. The fourth-order valence-corrected chi connectivity index (χ4v) is 3.02. The summed E-state index contributed by atoms with van der Waals surface area (Å²) < 4.78 is 16.7. The van der Waals surface area contributed by atoms with Gasteiger partial charge < -0.3 is 24.8 Å². The van der Waals surface area contributed by atoms with Gasteiger partial charge in [0.1, 0.15) is 11.9 Å². The van der Waals surface area contributed by atoms with Gasteiger partial charge in [-0.25, -0.2) is 9.98 Å². The van der Waals surface area contributed by atoms with Crippen molar-refractivity contribution in [3.63, 3.8) is 0 Å². The summed E-state index contributed by atoms with van der Waals surface area (Å²) in [7, 11) is 1.61. The van der Waals surface area contributed by atoms with Gasteiger partial charge in [0, 0.05) is 37.3 Å². The van der Waals surface area contributed by atoms with Crippen molar-refractivity contribution >= 4 is 5.96 Å². The van der Waals surface area contributed by atoms with Crippen molar-refractivity contribution < 1.29 is 14.2 Å². The molecule has 29 heavy (non-hydrogen) atoms. The van der Waals surface area contributed by atoms with E-state index in [1.807, 2.05) is 19.1 Å². The normalized spacial score (nSPS) is 16.5. The Morgan fingerprint density at radius 1 is 1.28 bits per heavy atom. The molecule has 0 amide bonds. The van der Waals surface area contributed by atoms with Crippen LogP contribution < -0.4 is 20.1 Å². The number of nitrogens with one attached hydrogen (secondary N) is 2. The highest BCUT2D eigenvalue weighted by atomic mass is 16.5. The van der Waals surface area contributed by atoms with E-state index in [2.05, 4.69) is 45.7 Å². The average molecular weight is 399 g/mol. The lowest BCUT2D eigenvalue weighted by molar-refractivity contribution is 0.140. The first-order chi connectivity index (χ1) is 14.2. The molecule has 1 aromatic carbocycles. The Hall–Kier alpha value is -2.80. The second-order valence-electron chi connectivity index (χ2n) is 6.97. The molecule has 7 heteroatoms. The van der Waals surface area contributed by atoms with E-state index in [-0.39, 0.29) is 6.10 Å². The number of aromatic nitrogens is 1. The molecule has 2 N–H and O–H groups in total. The summed E-state index contributed by atoms with van der Waals surface area (Å²) in [4.78, 5) is 8.88. The molecule has 1 fully saturated rings. The number of methoxy groups -OCH3 is 1. The smallest absolute Gasteiger partial charge is 0.212 e. The predicted octanol–water partition coefficient (Wildman–Crippen LogP) is 2.82. The molecule has 1 atom stereocenters. The Labute approximate surface area is 172 Å². The second kappa shape index (κ2) is 10.7. The minimum absolute atomic E-state index is 0.125. The number of hydrogen-bond donors (Lipinski definition) is 2. The molecule has 1 aliphatic heterocycles. The van der Waals surface area contributed by atoms with Crippen LogP contribution in [-0.4, -0.2) is 43.9 Å². The fourth-order valence-electron chi connectivity index (χ4n) is 3.02. The Balaban J connectivity index is 1.64. The van der Waals surface area contributed by atoms with E-state index in [0.29, 0.717) is 25.6 Å². The van der Waals surface area contributed by atoms with Crippen molar-refractivity contribution in [3.8, 4) is 11.6 Å². The van der Waals surface area contributed by atoms with Crippen LogP contribution in [0.4, 0.5) is 0 Å². The highest BCUT2D eigenvalue weighted by molar-refractivity contribution is 5.79. The van der Waals surface area contributed by atoms with Gasteiger partial charge >= 0.3 is 0 Å². The van der Waals surface area contributed by atoms with Crippen molar-refractivity contribution in [1.29, 1.82) is 0 Å². The second-order valence-corrected chi connectivity index (χ2v) is 6.97. The summed E-state index contributed by atoms with van der Waals surface area (Å²) in [5, 5.41) is 6.68. The van der Waals surface area contributed by atoms with Crippen molar-refractivity contribution in [2.24, 2.45) is 4.99 Å². The molecular formula is C22H30N4O3. The zero-order chi connectivity index (χ0) is 20.5. The molecular weight excluding hydrogens is 368 g/mol. The lowest BCUT2D eigenvalue weighted by Crippen LogP contribution is -2.37. The Kier molecular flexibility index (Phi) is 7.69. The third-order valence-electron chi connectivity index (χ3n) is 4.62. The first-order valence-corrected chi connectivity index (χ1v) is 10.0. The molecule has 2 heterocycles. The SMILES string of the molecule is CCNC(=NCc1ccc(OC)nc1)NCc1ccc(C)cc1OC1CCOC1. The number of rotatable bonds is 8. The summed E-state index contributed by atoms with van der Waals surface area (Å²) in [5.41, 5.74) is 3.29. The van der Waals surface area contributed by atoms with Crippen LogP contribution in [0.1, 0.15) is 30.0 Å². The summed E-state index contributed by atoms with van der Waals surface area (Å²) in [6.07, 6.45) is 2.84.